The van der Waals surface area contributed by atoms with E-state index in [4.69, 9.17) is 42.0 Å². The Labute approximate surface area is 200 Å². The average molecular weight is 483 g/mol. The van der Waals surface area contributed by atoms with Gasteiger partial charge >= 0.3 is 7.69 Å². The van der Waals surface area contributed by atoms with E-state index < -0.39 is 0 Å². The van der Waals surface area contributed by atoms with E-state index in [9.17, 15) is 0 Å². The lowest BCUT2D eigenvalue weighted by atomic mass is 10.2. The largest absolute Gasteiger partial charge is 0.576 e. The smallest absolute Gasteiger partial charge is 0.524 e. The van der Waals surface area contributed by atoms with Gasteiger partial charge in [0.25, 0.3) is 11.8 Å². The predicted octanol–water partition coefficient (Wildman–Crippen LogP) is 4.46. The van der Waals surface area contributed by atoms with Gasteiger partial charge in [-0.15, -0.1) is 0 Å². The Morgan fingerprint density at radius 2 is 1.06 bits per heavy atom. The first-order valence-corrected chi connectivity index (χ1v) is 10.6. The normalized spacial score (nSPS) is 10.4. The van der Waals surface area contributed by atoms with Crippen LogP contribution in [0.15, 0.2) is 73.1 Å². The standard InChI is InChI=1S/C22H17BCl2N4O4/c24-21-26-11-17(19(28-21)30-13-15-7-3-1-4-8-15)32-23-33-18-12-27-22(25)29-20(18)31-14-16-9-5-2-6-10-16/h1-12,23H,13-14H2. The minimum absolute atomic E-state index is 0.0361. The molecule has 0 saturated carbocycles. The summed E-state index contributed by atoms with van der Waals surface area (Å²) in [5.41, 5.74) is 1.93. The van der Waals surface area contributed by atoms with Crippen LogP contribution in [-0.2, 0) is 13.2 Å². The molecule has 0 atom stereocenters. The summed E-state index contributed by atoms with van der Waals surface area (Å²) in [6.45, 7) is 0.571. The average Bonchev–Trinajstić information content (AvgIpc) is 2.85. The minimum atomic E-state index is -0.209. The van der Waals surface area contributed by atoms with Crippen LogP contribution in [0.2, 0.25) is 10.6 Å². The molecule has 11 heteroatoms. The Balaban J connectivity index is 1.39. The number of benzene rings is 2. The molecule has 0 aliphatic heterocycles. The van der Waals surface area contributed by atoms with Gasteiger partial charge in [-0.25, -0.2) is 9.97 Å². The van der Waals surface area contributed by atoms with Crippen molar-refractivity contribution in [2.75, 3.05) is 0 Å². The molecule has 4 rings (SSSR count). The molecule has 0 aliphatic rings. The zero-order valence-corrected chi connectivity index (χ0v) is 18.7. The van der Waals surface area contributed by atoms with Crippen LogP contribution in [0.5, 0.6) is 23.3 Å². The second-order valence-electron chi connectivity index (χ2n) is 6.57. The van der Waals surface area contributed by atoms with Gasteiger partial charge in [0.2, 0.25) is 10.6 Å². The Kier molecular flexibility index (Phi) is 7.79. The highest BCUT2D eigenvalue weighted by atomic mass is 35.5. The molecule has 0 aliphatic carbocycles. The lowest BCUT2D eigenvalue weighted by molar-refractivity contribution is 0.275. The van der Waals surface area contributed by atoms with Gasteiger partial charge in [-0.2, -0.15) is 9.97 Å². The van der Waals surface area contributed by atoms with Crippen molar-refractivity contribution < 1.29 is 18.8 Å². The summed E-state index contributed by atoms with van der Waals surface area (Å²) in [5.74, 6) is 0.902. The maximum atomic E-state index is 5.91. The Hall–Kier alpha value is -3.56. The zero-order valence-electron chi connectivity index (χ0n) is 17.2. The molecule has 2 heterocycles. The number of ether oxygens (including phenoxy) is 2. The van der Waals surface area contributed by atoms with Gasteiger partial charge < -0.3 is 18.8 Å². The fraction of sp³-hybridized carbons (Fsp3) is 0.0909. The Morgan fingerprint density at radius 3 is 1.48 bits per heavy atom. The molecular formula is C22H17BCl2N4O4. The van der Waals surface area contributed by atoms with Crippen molar-refractivity contribution in [1.82, 2.24) is 19.9 Å². The number of hydrogen-bond acceptors (Lipinski definition) is 8. The molecule has 0 N–H and O–H groups in total. The van der Waals surface area contributed by atoms with E-state index in [1.807, 2.05) is 60.7 Å². The predicted molar refractivity (Wildman–Crippen MR) is 124 cm³/mol. The third-order valence-corrected chi connectivity index (χ3v) is 4.62. The molecular weight excluding hydrogens is 466 g/mol. The van der Waals surface area contributed by atoms with E-state index in [-0.39, 0.29) is 54.7 Å². The molecule has 0 radical (unpaired) electrons. The maximum Gasteiger partial charge on any atom is 0.576 e. The first kappa shape index (κ1) is 22.6. The van der Waals surface area contributed by atoms with Crippen molar-refractivity contribution in [1.29, 1.82) is 0 Å². The summed E-state index contributed by atoms with van der Waals surface area (Å²) in [6.07, 6.45) is 2.81. The van der Waals surface area contributed by atoms with E-state index in [0.29, 0.717) is 0 Å². The van der Waals surface area contributed by atoms with Crippen molar-refractivity contribution in [2.24, 2.45) is 0 Å². The lowest BCUT2D eigenvalue weighted by Gasteiger charge is -2.13. The molecule has 2 aromatic heterocycles. The van der Waals surface area contributed by atoms with Gasteiger partial charge in [0.15, 0.2) is 11.5 Å². The monoisotopic (exact) mass is 482 g/mol. The number of nitrogens with zero attached hydrogens (tertiary/aromatic N) is 4. The maximum absolute atomic E-state index is 5.91. The molecule has 0 bridgehead atoms. The highest BCUT2D eigenvalue weighted by Crippen LogP contribution is 2.28. The van der Waals surface area contributed by atoms with Crippen molar-refractivity contribution in [3.8, 4) is 23.3 Å². The van der Waals surface area contributed by atoms with Crippen LogP contribution in [0.25, 0.3) is 0 Å². The first-order valence-electron chi connectivity index (χ1n) is 9.81. The Bertz CT molecular complexity index is 1100. The number of hydrogen-bond donors (Lipinski definition) is 0. The van der Waals surface area contributed by atoms with Crippen LogP contribution >= 0.6 is 23.2 Å². The third kappa shape index (κ3) is 6.71. The fourth-order valence-electron chi connectivity index (χ4n) is 2.68. The van der Waals surface area contributed by atoms with E-state index in [1.165, 1.54) is 12.4 Å². The quantitative estimate of drug-likeness (QED) is 0.242. The van der Waals surface area contributed by atoms with Gasteiger partial charge in [-0.05, 0) is 34.3 Å². The van der Waals surface area contributed by atoms with Gasteiger partial charge in [0.1, 0.15) is 13.2 Å². The van der Waals surface area contributed by atoms with Crippen LogP contribution in [-0.4, -0.2) is 27.6 Å². The van der Waals surface area contributed by atoms with Crippen LogP contribution < -0.4 is 18.8 Å². The topological polar surface area (TPSA) is 88.5 Å². The van der Waals surface area contributed by atoms with E-state index in [0.717, 1.165) is 11.1 Å². The van der Waals surface area contributed by atoms with Gasteiger partial charge in [-0.1, -0.05) is 60.7 Å². The summed E-state index contributed by atoms with van der Waals surface area (Å²) < 4.78 is 22.8. The summed E-state index contributed by atoms with van der Waals surface area (Å²) in [4.78, 5) is 16.1. The molecule has 0 spiro atoms. The SMILES string of the molecule is Clc1ncc(OBOc2cnc(Cl)nc2OCc2ccccc2)c(OCc2ccccc2)n1. The summed E-state index contributed by atoms with van der Waals surface area (Å²) in [5, 5.41) is 0.0723. The number of rotatable bonds is 10. The fourth-order valence-corrected chi connectivity index (χ4v) is 2.93. The van der Waals surface area contributed by atoms with Crippen LogP contribution in [0.1, 0.15) is 11.1 Å². The molecule has 0 amide bonds. The number of halogens is 2. The van der Waals surface area contributed by atoms with Gasteiger partial charge in [0, 0.05) is 0 Å². The molecule has 4 aromatic rings. The van der Waals surface area contributed by atoms with Crippen LogP contribution in [0.3, 0.4) is 0 Å². The van der Waals surface area contributed by atoms with Crippen molar-refractivity contribution in [3.63, 3.8) is 0 Å². The molecule has 0 unspecified atom stereocenters. The summed E-state index contributed by atoms with van der Waals surface area (Å²) >= 11 is 11.8. The molecule has 0 saturated heterocycles. The second-order valence-corrected chi connectivity index (χ2v) is 7.25. The van der Waals surface area contributed by atoms with Crippen molar-refractivity contribution in [3.05, 3.63) is 94.8 Å². The highest BCUT2D eigenvalue weighted by molar-refractivity contribution is 6.28. The summed E-state index contributed by atoms with van der Waals surface area (Å²) in [6, 6.07) is 19.3. The molecule has 33 heavy (non-hydrogen) atoms. The van der Waals surface area contributed by atoms with Crippen molar-refractivity contribution in [2.45, 2.75) is 13.2 Å². The Morgan fingerprint density at radius 1 is 0.636 bits per heavy atom. The van der Waals surface area contributed by atoms with E-state index in [2.05, 4.69) is 19.9 Å². The lowest BCUT2D eigenvalue weighted by Crippen LogP contribution is -2.14. The summed E-state index contributed by atoms with van der Waals surface area (Å²) in [7, 11) is -0.209. The zero-order chi connectivity index (χ0) is 22.9. The van der Waals surface area contributed by atoms with Crippen molar-refractivity contribution >= 4 is 30.9 Å². The number of aromatic nitrogens is 4. The van der Waals surface area contributed by atoms with Gasteiger partial charge in [-0.3, -0.25) is 0 Å². The highest BCUT2D eigenvalue weighted by Gasteiger charge is 2.14. The molecule has 2 aromatic carbocycles. The second kappa shape index (κ2) is 11.4. The molecule has 166 valence electrons. The minimum Gasteiger partial charge on any atom is -0.524 e. The van der Waals surface area contributed by atoms with Gasteiger partial charge in [0.05, 0.1) is 12.4 Å². The third-order valence-electron chi connectivity index (χ3n) is 4.25. The van der Waals surface area contributed by atoms with E-state index in [1.54, 1.807) is 0 Å². The van der Waals surface area contributed by atoms with E-state index >= 15 is 0 Å². The molecule has 0 fully saturated rings. The molecule has 8 nitrogen and oxygen atoms in total. The first-order chi connectivity index (χ1) is 16.2. The van der Waals surface area contributed by atoms with Crippen LogP contribution in [0.4, 0.5) is 0 Å². The van der Waals surface area contributed by atoms with Crippen LogP contribution in [0, 0.1) is 0 Å².